The smallest absolute Gasteiger partial charge is 0.220 e. The summed E-state index contributed by atoms with van der Waals surface area (Å²) >= 11 is 6.81. The standard InChI is InChI=1S/C29H37ClFN7O/c1-17(2)24-27(25(18(3)4)35-34-24)38(16-39)29-21(28(32-6)37-13-12-36(7)15-19(37)5)14-22(30)26(33-29)20-10-8-9-11-23(20)31/h8-11,14,16-19H,12-13,15H2,1-7H3,(H,34,35). The Labute approximate surface area is 234 Å². The van der Waals surface area contributed by atoms with Crippen molar-refractivity contribution < 1.29 is 9.18 Å². The van der Waals surface area contributed by atoms with Crippen LogP contribution in [0.4, 0.5) is 15.9 Å². The molecule has 1 amide bonds. The highest BCUT2D eigenvalue weighted by atomic mass is 35.5. The second-order valence-electron chi connectivity index (χ2n) is 10.7. The number of nitrogens with one attached hydrogen (secondary N) is 1. The number of carbonyl (C=O) groups is 1. The van der Waals surface area contributed by atoms with Crippen molar-refractivity contribution in [2.45, 2.75) is 52.5 Å². The van der Waals surface area contributed by atoms with Gasteiger partial charge in [0.1, 0.15) is 11.7 Å². The monoisotopic (exact) mass is 553 g/mol. The summed E-state index contributed by atoms with van der Waals surface area (Å²) in [6, 6.07) is 8.26. The van der Waals surface area contributed by atoms with Crippen LogP contribution in [0.2, 0.25) is 5.02 Å². The van der Waals surface area contributed by atoms with Gasteiger partial charge in [-0.25, -0.2) is 9.37 Å². The van der Waals surface area contributed by atoms with Gasteiger partial charge in [-0.1, -0.05) is 51.4 Å². The van der Waals surface area contributed by atoms with Gasteiger partial charge in [0.25, 0.3) is 0 Å². The molecule has 3 aromatic rings. The van der Waals surface area contributed by atoms with Crippen LogP contribution in [0.5, 0.6) is 0 Å². The molecule has 1 saturated heterocycles. The topological polar surface area (TPSA) is 80.7 Å². The van der Waals surface area contributed by atoms with E-state index < -0.39 is 5.82 Å². The van der Waals surface area contributed by atoms with E-state index in [1.807, 2.05) is 27.7 Å². The third kappa shape index (κ3) is 5.56. The van der Waals surface area contributed by atoms with Gasteiger partial charge in [-0.2, -0.15) is 5.10 Å². The molecule has 39 heavy (non-hydrogen) atoms. The number of hydrogen-bond acceptors (Lipinski definition) is 5. The van der Waals surface area contributed by atoms with Crippen LogP contribution in [0.15, 0.2) is 35.3 Å². The number of halogens is 2. The van der Waals surface area contributed by atoms with E-state index in [1.54, 1.807) is 31.3 Å². The number of nitrogens with zero attached hydrogens (tertiary/aromatic N) is 6. The van der Waals surface area contributed by atoms with Crippen molar-refractivity contribution in [3.8, 4) is 11.3 Å². The number of aromatic amines is 1. The minimum Gasteiger partial charge on any atom is -0.351 e. The molecule has 4 rings (SSSR count). The first-order valence-corrected chi connectivity index (χ1v) is 13.7. The molecule has 10 heteroatoms. The maximum Gasteiger partial charge on any atom is 0.220 e. The highest BCUT2D eigenvalue weighted by Crippen LogP contribution is 2.40. The van der Waals surface area contributed by atoms with Crippen molar-refractivity contribution in [2.75, 3.05) is 38.6 Å². The Kier molecular flexibility index (Phi) is 8.71. The zero-order chi connectivity index (χ0) is 28.4. The van der Waals surface area contributed by atoms with Crippen LogP contribution in [-0.2, 0) is 4.79 Å². The zero-order valence-corrected chi connectivity index (χ0v) is 24.4. The van der Waals surface area contributed by atoms with Gasteiger partial charge in [0, 0.05) is 38.3 Å². The molecule has 1 fully saturated rings. The highest BCUT2D eigenvalue weighted by molar-refractivity contribution is 6.33. The Morgan fingerprint density at radius 3 is 2.54 bits per heavy atom. The molecule has 1 aromatic carbocycles. The Bertz CT molecular complexity index is 1340. The van der Waals surface area contributed by atoms with Crippen LogP contribution >= 0.6 is 11.6 Å². The first-order valence-electron chi connectivity index (χ1n) is 13.3. The van der Waals surface area contributed by atoms with Gasteiger partial charge in [0.15, 0.2) is 5.82 Å². The van der Waals surface area contributed by atoms with Gasteiger partial charge < -0.3 is 9.80 Å². The SMILES string of the molecule is CN=C(c1cc(Cl)c(-c2ccccc2F)nc1N(C=O)c1c(C(C)C)n[nH]c1C(C)C)N1CCN(C)CC1C. The van der Waals surface area contributed by atoms with Gasteiger partial charge in [-0.15, -0.1) is 0 Å². The van der Waals surface area contributed by atoms with Crippen LogP contribution < -0.4 is 4.90 Å². The van der Waals surface area contributed by atoms with E-state index in [9.17, 15) is 9.18 Å². The van der Waals surface area contributed by atoms with Crippen molar-refractivity contribution >= 4 is 35.4 Å². The summed E-state index contributed by atoms with van der Waals surface area (Å²) in [5, 5.41) is 7.97. The number of rotatable bonds is 7. The number of hydrogen-bond donors (Lipinski definition) is 1. The summed E-state index contributed by atoms with van der Waals surface area (Å²) in [5.74, 6) is 0.637. The Morgan fingerprint density at radius 2 is 1.95 bits per heavy atom. The number of pyridine rings is 1. The van der Waals surface area contributed by atoms with Crippen LogP contribution in [0.1, 0.15) is 63.4 Å². The number of aliphatic imine (C=N–C) groups is 1. The number of amidine groups is 1. The van der Waals surface area contributed by atoms with E-state index in [1.165, 1.54) is 11.0 Å². The van der Waals surface area contributed by atoms with E-state index in [0.717, 1.165) is 37.4 Å². The van der Waals surface area contributed by atoms with Crippen molar-refractivity contribution in [3.63, 3.8) is 0 Å². The molecule has 0 radical (unpaired) electrons. The van der Waals surface area contributed by atoms with Crippen molar-refractivity contribution in [2.24, 2.45) is 4.99 Å². The largest absolute Gasteiger partial charge is 0.351 e. The quantitative estimate of drug-likeness (QED) is 0.227. The zero-order valence-electron chi connectivity index (χ0n) is 23.7. The van der Waals surface area contributed by atoms with E-state index >= 15 is 0 Å². The molecule has 1 aliphatic heterocycles. The van der Waals surface area contributed by atoms with Crippen LogP contribution in [-0.4, -0.2) is 77.0 Å². The van der Waals surface area contributed by atoms with Gasteiger partial charge in [0.05, 0.1) is 33.4 Å². The van der Waals surface area contributed by atoms with Gasteiger partial charge in [-0.05, 0) is 44.0 Å². The number of piperazine rings is 1. The lowest BCUT2D eigenvalue weighted by molar-refractivity contribution is -0.106. The number of aromatic nitrogens is 3. The minimum absolute atomic E-state index is 0.0324. The van der Waals surface area contributed by atoms with Gasteiger partial charge in [0.2, 0.25) is 6.41 Å². The number of anilines is 2. The molecule has 1 atom stereocenters. The summed E-state index contributed by atoms with van der Waals surface area (Å²) in [7, 11) is 3.82. The van der Waals surface area contributed by atoms with E-state index in [2.05, 4.69) is 39.0 Å². The Morgan fingerprint density at radius 1 is 1.23 bits per heavy atom. The molecule has 208 valence electrons. The normalized spacial score (nSPS) is 16.8. The van der Waals surface area contributed by atoms with E-state index in [4.69, 9.17) is 16.6 Å². The summed E-state index contributed by atoms with van der Waals surface area (Å²) in [6.45, 7) is 12.7. The number of H-pyrrole nitrogens is 1. The number of carbonyl (C=O) groups excluding carboxylic acids is 1. The fourth-order valence-corrected chi connectivity index (χ4v) is 5.41. The fraction of sp³-hybridized carbons (Fsp3) is 0.448. The molecule has 3 heterocycles. The lowest BCUT2D eigenvalue weighted by Gasteiger charge is -2.40. The van der Waals surface area contributed by atoms with E-state index in [0.29, 0.717) is 22.9 Å². The average molecular weight is 554 g/mol. The summed E-state index contributed by atoms with van der Waals surface area (Å²) in [5.41, 5.74) is 3.30. The number of benzene rings is 1. The molecule has 1 aliphatic rings. The maximum absolute atomic E-state index is 15.0. The lowest BCUT2D eigenvalue weighted by atomic mass is 10.0. The minimum atomic E-state index is -0.450. The molecule has 8 nitrogen and oxygen atoms in total. The molecule has 0 aliphatic carbocycles. The average Bonchev–Trinajstić information content (AvgIpc) is 3.33. The molecule has 0 bridgehead atoms. The van der Waals surface area contributed by atoms with Crippen molar-refractivity contribution in [1.82, 2.24) is 25.0 Å². The summed E-state index contributed by atoms with van der Waals surface area (Å²) in [4.78, 5) is 28.5. The molecule has 1 N–H and O–H groups in total. The van der Waals surface area contributed by atoms with Crippen molar-refractivity contribution in [3.05, 3.63) is 58.1 Å². The van der Waals surface area contributed by atoms with Gasteiger partial charge >= 0.3 is 0 Å². The first-order chi connectivity index (χ1) is 18.6. The molecule has 1 unspecified atom stereocenters. The Balaban J connectivity index is 2.01. The van der Waals surface area contributed by atoms with Crippen LogP contribution in [0, 0.1) is 5.82 Å². The number of likely N-dealkylation sites (N-methyl/N-ethyl adjacent to an activating group) is 1. The Hall–Kier alpha value is -3.30. The predicted octanol–water partition coefficient (Wildman–Crippen LogP) is 5.82. The summed E-state index contributed by atoms with van der Waals surface area (Å²) < 4.78 is 15.0. The molecule has 0 spiro atoms. The van der Waals surface area contributed by atoms with Crippen molar-refractivity contribution in [1.29, 1.82) is 0 Å². The first kappa shape index (κ1) is 28.7. The van der Waals surface area contributed by atoms with Crippen LogP contribution in [0.25, 0.3) is 11.3 Å². The number of amides is 1. The lowest BCUT2D eigenvalue weighted by Crippen LogP contribution is -2.53. The third-order valence-electron chi connectivity index (χ3n) is 7.13. The maximum atomic E-state index is 15.0. The molecule has 2 aromatic heterocycles. The summed E-state index contributed by atoms with van der Waals surface area (Å²) in [6.07, 6.45) is 0.744. The second kappa shape index (κ2) is 11.8. The second-order valence-corrected chi connectivity index (χ2v) is 11.1. The molecular formula is C29H37ClFN7O. The molecule has 0 saturated carbocycles. The predicted molar refractivity (Wildman–Crippen MR) is 156 cm³/mol. The van der Waals surface area contributed by atoms with Crippen LogP contribution in [0.3, 0.4) is 0 Å². The molecular weight excluding hydrogens is 517 g/mol. The fourth-order valence-electron chi connectivity index (χ4n) is 5.16. The van der Waals surface area contributed by atoms with E-state index in [-0.39, 0.29) is 34.2 Å². The highest BCUT2D eigenvalue weighted by Gasteiger charge is 2.32. The van der Waals surface area contributed by atoms with Gasteiger partial charge in [-0.3, -0.25) is 19.8 Å². The third-order valence-corrected chi connectivity index (χ3v) is 7.42.